The van der Waals surface area contributed by atoms with Crippen LogP contribution in [0.1, 0.15) is 31.4 Å². The van der Waals surface area contributed by atoms with Gasteiger partial charge in [0.15, 0.2) is 5.65 Å². The van der Waals surface area contributed by atoms with Crippen LogP contribution in [-0.4, -0.2) is 68.1 Å². The van der Waals surface area contributed by atoms with Crippen LogP contribution in [0.15, 0.2) is 18.3 Å². The Labute approximate surface area is 151 Å². The fourth-order valence-electron chi connectivity index (χ4n) is 4.16. The van der Waals surface area contributed by atoms with Crippen molar-refractivity contribution in [3.8, 4) is 0 Å². The molecule has 1 saturated carbocycles. The number of anilines is 1. The van der Waals surface area contributed by atoms with E-state index in [4.69, 9.17) is 0 Å². The number of imide groups is 1. The molecule has 4 heterocycles. The molecule has 8 heteroatoms. The van der Waals surface area contributed by atoms with Crippen LogP contribution in [0.25, 0.3) is 5.65 Å². The number of hydrogen-bond donors (Lipinski definition) is 0. The Balaban J connectivity index is 1.31. The molecule has 0 unspecified atom stereocenters. The van der Waals surface area contributed by atoms with E-state index < -0.39 is 0 Å². The van der Waals surface area contributed by atoms with Crippen molar-refractivity contribution >= 4 is 23.4 Å². The Morgan fingerprint density at radius 1 is 1.08 bits per heavy atom. The van der Waals surface area contributed by atoms with E-state index in [2.05, 4.69) is 21.0 Å². The molecule has 2 aromatic rings. The molecule has 0 radical (unpaired) electrons. The molecule has 3 amide bonds. The lowest BCUT2D eigenvalue weighted by atomic mass is 10.0. The molecule has 5 rings (SSSR count). The van der Waals surface area contributed by atoms with Gasteiger partial charge in [0.1, 0.15) is 12.4 Å². The molecule has 0 atom stereocenters. The fourth-order valence-corrected chi connectivity index (χ4v) is 4.16. The van der Waals surface area contributed by atoms with Crippen LogP contribution >= 0.6 is 0 Å². The topological polar surface area (TPSA) is 74.0 Å². The number of fused-ring (bicyclic) bond motifs is 1. The number of aromatic nitrogens is 3. The maximum atomic E-state index is 12.6. The molecule has 0 spiro atoms. The lowest BCUT2D eigenvalue weighted by Gasteiger charge is -2.37. The van der Waals surface area contributed by atoms with Crippen molar-refractivity contribution in [3.05, 3.63) is 24.0 Å². The van der Waals surface area contributed by atoms with E-state index in [0.717, 1.165) is 55.9 Å². The van der Waals surface area contributed by atoms with Gasteiger partial charge in [0.2, 0.25) is 0 Å². The molecule has 8 nitrogen and oxygen atoms in total. The number of carbonyl (C=O) groups excluding carboxylic acids is 2. The van der Waals surface area contributed by atoms with Gasteiger partial charge in [-0.25, -0.2) is 9.78 Å². The highest BCUT2D eigenvalue weighted by molar-refractivity contribution is 6.02. The third-order valence-electron chi connectivity index (χ3n) is 5.64. The number of urea groups is 1. The molecule has 1 aliphatic carbocycles. The third kappa shape index (κ3) is 2.43. The summed E-state index contributed by atoms with van der Waals surface area (Å²) >= 11 is 0. The van der Waals surface area contributed by atoms with Crippen molar-refractivity contribution in [2.24, 2.45) is 0 Å². The monoisotopic (exact) mass is 354 g/mol. The quantitative estimate of drug-likeness (QED) is 0.780. The minimum atomic E-state index is -0.0785. The summed E-state index contributed by atoms with van der Waals surface area (Å²) in [6.07, 6.45) is 5.42. The second-order valence-electron chi connectivity index (χ2n) is 7.48. The number of hydrogen-bond acceptors (Lipinski definition) is 5. The SMILES string of the molecule is Cc1cc(N2CCC(N3CC(=O)N(C4CC4)C3=O)CC2)n2nccc2n1. The van der Waals surface area contributed by atoms with E-state index in [1.807, 2.05) is 17.5 Å². The van der Waals surface area contributed by atoms with Gasteiger partial charge < -0.3 is 9.80 Å². The zero-order chi connectivity index (χ0) is 17.8. The van der Waals surface area contributed by atoms with Gasteiger partial charge in [-0.3, -0.25) is 9.69 Å². The van der Waals surface area contributed by atoms with Gasteiger partial charge in [-0.05, 0) is 32.6 Å². The standard InChI is InChI=1S/C18H22N6O2/c1-12-10-16(24-15(20-12)4-7-19-24)21-8-5-13(6-9-21)22-11-17(25)23(18(22)26)14-2-3-14/h4,7,10,13-14H,2-3,5-6,8-9,11H2,1H3. The van der Waals surface area contributed by atoms with Crippen molar-refractivity contribution in [1.29, 1.82) is 0 Å². The average Bonchev–Trinajstić information content (AvgIpc) is 3.27. The maximum absolute atomic E-state index is 12.6. The molecule has 0 aromatic carbocycles. The lowest BCUT2D eigenvalue weighted by Crippen LogP contribution is -2.47. The minimum absolute atomic E-state index is 0.0251. The van der Waals surface area contributed by atoms with Crippen molar-refractivity contribution in [2.45, 2.75) is 44.7 Å². The van der Waals surface area contributed by atoms with Gasteiger partial charge in [0.05, 0.1) is 6.20 Å². The maximum Gasteiger partial charge on any atom is 0.327 e. The van der Waals surface area contributed by atoms with Crippen molar-refractivity contribution in [1.82, 2.24) is 24.4 Å². The zero-order valence-corrected chi connectivity index (χ0v) is 14.8. The number of piperidine rings is 1. The van der Waals surface area contributed by atoms with E-state index >= 15 is 0 Å². The highest BCUT2D eigenvalue weighted by Gasteiger charge is 2.47. The zero-order valence-electron chi connectivity index (χ0n) is 14.8. The summed E-state index contributed by atoms with van der Waals surface area (Å²) in [5.74, 6) is 1.02. The Kier molecular flexibility index (Phi) is 3.41. The lowest BCUT2D eigenvalue weighted by molar-refractivity contribution is -0.125. The first-order valence-corrected chi connectivity index (χ1v) is 9.31. The molecule has 2 aliphatic heterocycles. The third-order valence-corrected chi connectivity index (χ3v) is 5.64. The van der Waals surface area contributed by atoms with Gasteiger partial charge in [-0.1, -0.05) is 0 Å². The van der Waals surface area contributed by atoms with E-state index in [-0.39, 0.29) is 30.6 Å². The van der Waals surface area contributed by atoms with Gasteiger partial charge in [0, 0.05) is 43.0 Å². The minimum Gasteiger partial charge on any atom is -0.356 e. The molecule has 2 aromatic heterocycles. The summed E-state index contributed by atoms with van der Waals surface area (Å²) in [6, 6.07) is 4.19. The number of carbonyl (C=O) groups is 2. The van der Waals surface area contributed by atoms with Crippen LogP contribution in [0.4, 0.5) is 10.6 Å². The van der Waals surface area contributed by atoms with Crippen LogP contribution in [0.2, 0.25) is 0 Å². The summed E-state index contributed by atoms with van der Waals surface area (Å²) < 4.78 is 1.87. The van der Waals surface area contributed by atoms with E-state index in [9.17, 15) is 9.59 Å². The van der Waals surface area contributed by atoms with Crippen molar-refractivity contribution < 1.29 is 9.59 Å². The predicted octanol–water partition coefficient (Wildman–Crippen LogP) is 1.43. The van der Waals surface area contributed by atoms with Gasteiger partial charge >= 0.3 is 6.03 Å². The molecule has 136 valence electrons. The smallest absolute Gasteiger partial charge is 0.327 e. The Morgan fingerprint density at radius 3 is 2.58 bits per heavy atom. The summed E-state index contributed by atoms with van der Waals surface area (Å²) in [6.45, 7) is 3.91. The number of nitrogens with zero attached hydrogens (tertiary/aromatic N) is 6. The second kappa shape index (κ2) is 5.69. The number of aryl methyl sites for hydroxylation is 1. The second-order valence-corrected chi connectivity index (χ2v) is 7.48. The van der Waals surface area contributed by atoms with Crippen molar-refractivity contribution in [3.63, 3.8) is 0 Å². The Morgan fingerprint density at radius 2 is 1.85 bits per heavy atom. The Hall–Kier alpha value is -2.64. The Bertz CT molecular complexity index is 881. The molecule has 3 fully saturated rings. The first-order chi connectivity index (χ1) is 12.6. The van der Waals surface area contributed by atoms with E-state index in [0.29, 0.717) is 0 Å². The average molecular weight is 354 g/mol. The van der Waals surface area contributed by atoms with Crippen molar-refractivity contribution in [2.75, 3.05) is 24.5 Å². The summed E-state index contributed by atoms with van der Waals surface area (Å²) in [5.41, 5.74) is 1.82. The van der Waals surface area contributed by atoms with Crippen LogP contribution < -0.4 is 4.90 Å². The highest BCUT2D eigenvalue weighted by Crippen LogP contribution is 2.33. The molecular formula is C18H22N6O2. The number of amides is 3. The van der Waals surface area contributed by atoms with E-state index in [1.165, 1.54) is 4.90 Å². The molecule has 0 bridgehead atoms. The molecule has 26 heavy (non-hydrogen) atoms. The van der Waals surface area contributed by atoms with Crippen LogP contribution in [0.5, 0.6) is 0 Å². The first-order valence-electron chi connectivity index (χ1n) is 9.31. The van der Waals surface area contributed by atoms with E-state index in [1.54, 1.807) is 11.1 Å². The predicted molar refractivity (Wildman–Crippen MR) is 94.9 cm³/mol. The van der Waals surface area contributed by atoms with Crippen LogP contribution in [0.3, 0.4) is 0 Å². The largest absolute Gasteiger partial charge is 0.356 e. The number of rotatable bonds is 3. The summed E-state index contributed by atoms with van der Waals surface area (Å²) in [5, 5.41) is 4.39. The summed E-state index contributed by atoms with van der Waals surface area (Å²) in [4.78, 5) is 34.9. The van der Waals surface area contributed by atoms with Crippen LogP contribution in [-0.2, 0) is 4.79 Å². The highest BCUT2D eigenvalue weighted by atomic mass is 16.2. The molecular weight excluding hydrogens is 332 g/mol. The fraction of sp³-hybridized carbons (Fsp3) is 0.556. The van der Waals surface area contributed by atoms with Gasteiger partial charge in [0.25, 0.3) is 5.91 Å². The molecule has 0 N–H and O–H groups in total. The summed E-state index contributed by atoms with van der Waals surface area (Å²) in [7, 11) is 0. The van der Waals surface area contributed by atoms with Gasteiger partial charge in [-0.15, -0.1) is 0 Å². The molecule has 3 aliphatic rings. The van der Waals surface area contributed by atoms with Crippen LogP contribution in [0, 0.1) is 6.92 Å². The normalized spacial score (nSPS) is 22.1. The molecule has 2 saturated heterocycles. The van der Waals surface area contributed by atoms with Gasteiger partial charge in [-0.2, -0.15) is 9.61 Å². The first kappa shape index (κ1) is 15.6.